The average Bonchev–Trinajstić information content (AvgIpc) is 2.39. The van der Waals surface area contributed by atoms with Gasteiger partial charge in [0.1, 0.15) is 66.1 Å². The highest BCUT2D eigenvalue weighted by atomic mass is 16.3. The summed E-state index contributed by atoms with van der Waals surface area (Å²) in [6.07, 6.45) is 2.87. The number of carbonyl (C=O) groups excluding carboxylic acids is 11. The fraction of sp³-hybridized carbons (Fsp3) is 0.762. The van der Waals surface area contributed by atoms with Gasteiger partial charge in [0.05, 0.1) is 6.10 Å². The van der Waals surface area contributed by atoms with E-state index in [4.69, 9.17) is 0 Å². The number of hydrogen-bond donors (Lipinski definition) is 5. The Morgan fingerprint density at radius 2 is 0.872 bits per heavy atom. The first-order chi connectivity index (χ1) is 39.6. The van der Waals surface area contributed by atoms with Gasteiger partial charge in [-0.15, -0.1) is 0 Å². The van der Waals surface area contributed by atoms with Crippen LogP contribution in [0.2, 0.25) is 0 Å². The van der Waals surface area contributed by atoms with Crippen LogP contribution in [-0.2, 0) is 52.7 Å². The van der Waals surface area contributed by atoms with Crippen LogP contribution in [0.5, 0.6) is 0 Å². The van der Waals surface area contributed by atoms with Crippen molar-refractivity contribution in [1.82, 2.24) is 55.6 Å². The fourth-order valence-electron chi connectivity index (χ4n) is 10.7. The van der Waals surface area contributed by atoms with E-state index in [1.54, 1.807) is 60.6 Å². The summed E-state index contributed by atoms with van der Waals surface area (Å²) in [4.78, 5) is 169. The lowest BCUT2D eigenvalue weighted by Crippen LogP contribution is -2.63. The lowest BCUT2D eigenvalue weighted by Gasteiger charge is -2.41. The van der Waals surface area contributed by atoms with Crippen molar-refractivity contribution in [3.8, 4) is 0 Å². The number of hydrogen-bond acceptors (Lipinski definition) is 12. The van der Waals surface area contributed by atoms with Crippen LogP contribution in [0.1, 0.15) is 156 Å². The fourth-order valence-corrected chi connectivity index (χ4v) is 10.7. The minimum atomic E-state index is -1.64. The highest BCUT2D eigenvalue weighted by molar-refractivity contribution is 6.02. The van der Waals surface area contributed by atoms with Gasteiger partial charge in [0, 0.05) is 49.3 Å². The molecule has 0 spiro atoms. The second kappa shape index (κ2) is 34.8. The summed E-state index contributed by atoms with van der Waals surface area (Å²) in [5, 5.41) is 23.0. The lowest BCUT2D eigenvalue weighted by atomic mass is 9.91. The van der Waals surface area contributed by atoms with E-state index in [0.717, 1.165) is 14.7 Å². The standard InChI is InChI=1S/C63H111N11O12/c1-26-28-29-40(15)52(75)51-56(79)66-44(27-2)59(82)68(19)43(18)58(81)69(20)46(31-35(5)6)55(78)67-49(38(11)12)62(85)70(21)45(30-34(3)4)54(77)64-41(16)53(76)65-42(17)57(80)71(22)47(32-36(7)8)60(83)72(23)48(33-37(9)10)61(84)73(24)50(39(13)14)63(86)74(51)25/h26,28,34-42,44-52,75H,18,27,29-33H2,1-17,19-25H3,(H,64,77)(H,65,76)(H,66,79)(H,67,78)/b28-26+/t40-,41-,42+,44+,45-,46+,47-,48+,49-,50+,51?,52-/m1/s1. The monoisotopic (exact) mass is 1210 g/mol. The number of amides is 11. The lowest BCUT2D eigenvalue weighted by molar-refractivity contribution is -0.157. The second-order valence-electron chi connectivity index (χ2n) is 26.2. The molecule has 1 heterocycles. The number of nitrogens with zero attached hydrogens (tertiary/aromatic N) is 7. The molecule has 1 fully saturated rings. The molecule has 0 saturated carbocycles. The zero-order valence-corrected chi connectivity index (χ0v) is 56.6. The first-order valence-corrected chi connectivity index (χ1v) is 30.7. The molecule has 1 aliphatic heterocycles. The van der Waals surface area contributed by atoms with Gasteiger partial charge in [0.2, 0.25) is 59.1 Å². The maximum Gasteiger partial charge on any atom is 0.270 e. The van der Waals surface area contributed by atoms with E-state index in [-0.39, 0.29) is 61.5 Å². The Labute approximate surface area is 514 Å². The average molecular weight is 1210 g/mol. The Balaban J connectivity index is 4.38. The predicted molar refractivity (Wildman–Crippen MR) is 333 cm³/mol. The van der Waals surface area contributed by atoms with Gasteiger partial charge in [-0.3, -0.25) is 52.7 Å². The molecule has 1 saturated heterocycles. The van der Waals surface area contributed by atoms with Crippen molar-refractivity contribution in [2.45, 2.75) is 223 Å². The normalized spacial score (nSPS) is 26.8. The van der Waals surface area contributed by atoms with Crippen molar-refractivity contribution in [3.05, 3.63) is 24.4 Å². The summed E-state index contributed by atoms with van der Waals surface area (Å²) in [5.74, 6) is -10.3. The van der Waals surface area contributed by atoms with Gasteiger partial charge >= 0.3 is 0 Å². The van der Waals surface area contributed by atoms with Crippen molar-refractivity contribution in [2.75, 3.05) is 49.3 Å². The second-order valence-corrected chi connectivity index (χ2v) is 26.2. The van der Waals surface area contributed by atoms with Crippen LogP contribution in [0.3, 0.4) is 0 Å². The molecule has 0 aromatic carbocycles. The summed E-state index contributed by atoms with van der Waals surface area (Å²) in [7, 11) is 9.75. The van der Waals surface area contributed by atoms with Crippen molar-refractivity contribution >= 4 is 65.0 Å². The molecule has 1 aliphatic rings. The highest BCUT2D eigenvalue weighted by Crippen LogP contribution is 2.26. The van der Waals surface area contributed by atoms with Crippen LogP contribution >= 0.6 is 0 Å². The summed E-state index contributed by atoms with van der Waals surface area (Å²) >= 11 is 0. The molecule has 12 atom stereocenters. The van der Waals surface area contributed by atoms with E-state index in [2.05, 4.69) is 27.8 Å². The molecule has 0 aromatic rings. The van der Waals surface area contributed by atoms with Crippen LogP contribution in [0.15, 0.2) is 24.4 Å². The maximum atomic E-state index is 15.2. The van der Waals surface area contributed by atoms with Gasteiger partial charge < -0.3 is 60.7 Å². The van der Waals surface area contributed by atoms with Crippen molar-refractivity contribution in [1.29, 1.82) is 0 Å². The SMILES string of the molecule is C=C1C(=O)N(C)[C@@H](CC(C)C)C(=O)N[C@H](C(C)C)C(=O)N(C)[C@H](CC(C)C)C(=O)N[C@H](C)C(=O)N[C@@H](C)C(=O)N(C)[C@H](CC(C)C)C(=O)N(C)[C@@H](CC(C)C)C(=O)N(C)[C@@H](C(C)C)C(=O)N(C)C([C@H](O)[C@H](C)C/C=C/C)C(=O)N[C@@H](CC)C(=O)N1C. The number of rotatable bonds is 15. The first kappa shape index (κ1) is 77.6. The summed E-state index contributed by atoms with van der Waals surface area (Å²) in [6.45, 7) is 33.7. The summed E-state index contributed by atoms with van der Waals surface area (Å²) in [5.41, 5.74) is -0.363. The Morgan fingerprint density at radius 3 is 1.31 bits per heavy atom. The number of aliphatic hydroxyl groups excluding tert-OH is 1. The van der Waals surface area contributed by atoms with Crippen molar-refractivity contribution in [3.63, 3.8) is 0 Å². The van der Waals surface area contributed by atoms with E-state index >= 15 is 9.59 Å². The number of nitrogens with one attached hydrogen (secondary N) is 4. The van der Waals surface area contributed by atoms with Gasteiger partial charge in [-0.25, -0.2) is 0 Å². The van der Waals surface area contributed by atoms with E-state index < -0.39 is 149 Å². The van der Waals surface area contributed by atoms with Gasteiger partial charge in [-0.2, -0.15) is 0 Å². The summed E-state index contributed by atoms with van der Waals surface area (Å²) in [6, 6.07) is -12.6. The molecular formula is C63H111N11O12. The van der Waals surface area contributed by atoms with Gasteiger partial charge in [0.25, 0.3) is 5.91 Å². The first-order valence-electron chi connectivity index (χ1n) is 30.7. The smallest absolute Gasteiger partial charge is 0.270 e. The molecule has 0 radical (unpaired) electrons. The van der Waals surface area contributed by atoms with Crippen LogP contribution in [0, 0.1) is 41.4 Å². The maximum absolute atomic E-state index is 15.2. The Morgan fingerprint density at radius 1 is 0.465 bits per heavy atom. The largest absolute Gasteiger partial charge is 0.390 e. The van der Waals surface area contributed by atoms with Gasteiger partial charge in [0.15, 0.2) is 0 Å². The van der Waals surface area contributed by atoms with E-state index in [0.29, 0.717) is 6.42 Å². The van der Waals surface area contributed by atoms with Crippen molar-refractivity contribution in [2.24, 2.45) is 41.4 Å². The molecule has 1 unspecified atom stereocenters. The molecule has 86 heavy (non-hydrogen) atoms. The van der Waals surface area contributed by atoms with E-state index in [9.17, 15) is 48.3 Å². The summed E-state index contributed by atoms with van der Waals surface area (Å²) < 4.78 is 0. The van der Waals surface area contributed by atoms with Gasteiger partial charge in [-0.05, 0) is 101 Å². The molecule has 0 aromatic heterocycles. The molecule has 23 heteroatoms. The molecule has 23 nitrogen and oxygen atoms in total. The van der Waals surface area contributed by atoms with Crippen LogP contribution in [-0.4, -0.2) is 220 Å². The number of allylic oxidation sites excluding steroid dienone is 2. The zero-order valence-electron chi connectivity index (χ0n) is 56.6. The Kier molecular flexibility index (Phi) is 31.4. The zero-order chi connectivity index (χ0) is 66.8. The van der Waals surface area contributed by atoms with E-state index in [1.165, 1.54) is 82.8 Å². The molecule has 490 valence electrons. The highest BCUT2D eigenvalue weighted by Gasteiger charge is 2.46. The minimum absolute atomic E-state index is 0.0255. The molecule has 0 aliphatic carbocycles. The van der Waals surface area contributed by atoms with Gasteiger partial charge in [-0.1, -0.05) is 116 Å². The number of carbonyl (C=O) groups is 11. The third-order valence-corrected chi connectivity index (χ3v) is 16.2. The predicted octanol–water partition coefficient (Wildman–Crippen LogP) is 3.78. The molecule has 5 N–H and O–H groups in total. The number of aliphatic hydroxyl groups is 1. The Hall–Kier alpha value is -6.39. The Bertz CT molecular complexity index is 2410. The van der Waals surface area contributed by atoms with Crippen LogP contribution < -0.4 is 21.3 Å². The van der Waals surface area contributed by atoms with Crippen LogP contribution in [0.4, 0.5) is 0 Å². The van der Waals surface area contributed by atoms with E-state index in [1.807, 2.05) is 55.4 Å². The molecule has 11 amide bonds. The topological polar surface area (TPSA) is 279 Å². The van der Waals surface area contributed by atoms with Crippen LogP contribution in [0.25, 0.3) is 0 Å². The van der Waals surface area contributed by atoms with Crippen molar-refractivity contribution < 1.29 is 57.8 Å². The third-order valence-electron chi connectivity index (χ3n) is 16.2. The third kappa shape index (κ3) is 20.9. The molecule has 1 rings (SSSR count). The minimum Gasteiger partial charge on any atom is -0.390 e. The molecular weight excluding hydrogens is 1100 g/mol. The quantitative estimate of drug-likeness (QED) is 0.116. The number of likely N-dealkylation sites (N-methyl/N-ethyl adjacent to an activating group) is 7. The molecule has 0 bridgehead atoms.